The molecule has 0 aliphatic carbocycles. The maximum Gasteiger partial charge on any atom is 0.441 e. The van der Waals surface area contributed by atoms with Gasteiger partial charge in [-0.3, -0.25) is 4.52 Å². The van der Waals surface area contributed by atoms with Crippen LogP contribution in [0.15, 0.2) is 62.3 Å². The number of rotatable bonds is 3. The fourth-order valence-electron chi connectivity index (χ4n) is 2.36. The minimum absolute atomic E-state index is 0.0560. The van der Waals surface area contributed by atoms with E-state index in [1.54, 1.807) is 24.3 Å². The highest BCUT2D eigenvalue weighted by molar-refractivity contribution is 6.30. The fourth-order valence-corrected chi connectivity index (χ4v) is 2.48. The summed E-state index contributed by atoms with van der Waals surface area (Å²) in [5.74, 6) is 0.336. The Labute approximate surface area is 146 Å². The molecule has 25 heavy (non-hydrogen) atoms. The largest absolute Gasteiger partial charge is 0.441 e. The lowest BCUT2D eigenvalue weighted by molar-refractivity contribution is -0.660. The second-order valence-corrected chi connectivity index (χ2v) is 5.86. The highest BCUT2D eigenvalue weighted by atomic mass is 35.5. The van der Waals surface area contributed by atoms with Gasteiger partial charge in [-0.1, -0.05) is 29.3 Å². The first kappa shape index (κ1) is 15.3. The van der Waals surface area contributed by atoms with Crippen LogP contribution in [0.3, 0.4) is 0 Å². The number of aryl methyl sites for hydroxylation is 1. The van der Waals surface area contributed by atoms with Crippen LogP contribution in [0, 0.1) is 6.92 Å². The zero-order valence-corrected chi connectivity index (χ0v) is 13.8. The Hall–Kier alpha value is -3.19. The topological polar surface area (TPSA) is 88.8 Å². The summed E-state index contributed by atoms with van der Waals surface area (Å²) < 4.78 is 12.0. The predicted octanol–water partition coefficient (Wildman–Crippen LogP) is 2.92. The molecule has 4 aromatic rings. The van der Waals surface area contributed by atoms with Crippen LogP contribution in [-0.4, -0.2) is 15.5 Å². The van der Waals surface area contributed by atoms with E-state index < -0.39 is 5.63 Å². The van der Waals surface area contributed by atoms with Gasteiger partial charge in [0.15, 0.2) is 0 Å². The molecule has 2 aromatic heterocycles. The SMILES string of the molecule is Cc1ccc(-[n+]2[nH]oc(=O)c2-c2nnc(-c3ccc(Cl)cc3)o2)cc1. The molecule has 4 rings (SSSR count). The zero-order chi connectivity index (χ0) is 17.4. The standard InChI is InChI=1S/C17H11ClN4O3/c1-10-2-8-13(9-3-10)22-14(17(23)25-21-22)16-20-19-15(24-16)11-4-6-12(18)7-5-11/h2-9H,1H3/p+1. The van der Waals surface area contributed by atoms with Gasteiger partial charge in [-0.15, -0.1) is 10.2 Å². The van der Waals surface area contributed by atoms with E-state index in [2.05, 4.69) is 15.5 Å². The lowest BCUT2D eigenvalue weighted by Crippen LogP contribution is -2.36. The first-order valence-electron chi connectivity index (χ1n) is 7.42. The highest BCUT2D eigenvalue weighted by Gasteiger charge is 2.30. The molecule has 2 heterocycles. The van der Waals surface area contributed by atoms with Crippen LogP contribution >= 0.6 is 11.6 Å². The summed E-state index contributed by atoms with van der Waals surface area (Å²) in [5, 5.41) is 11.1. The zero-order valence-electron chi connectivity index (χ0n) is 13.1. The number of halogens is 1. The highest BCUT2D eigenvalue weighted by Crippen LogP contribution is 2.22. The van der Waals surface area contributed by atoms with Crippen molar-refractivity contribution < 1.29 is 13.6 Å². The van der Waals surface area contributed by atoms with Gasteiger partial charge in [-0.2, -0.15) is 0 Å². The van der Waals surface area contributed by atoms with Gasteiger partial charge in [-0.05, 0) is 41.1 Å². The number of nitrogens with zero attached hydrogens (tertiary/aromatic N) is 3. The molecule has 7 nitrogen and oxygen atoms in total. The van der Waals surface area contributed by atoms with E-state index in [1.807, 2.05) is 31.2 Å². The molecular weight excluding hydrogens is 344 g/mol. The molecule has 2 aromatic carbocycles. The quantitative estimate of drug-likeness (QED) is 0.571. The Balaban J connectivity index is 1.78. The van der Waals surface area contributed by atoms with Gasteiger partial charge in [0.05, 0.1) is 0 Å². The summed E-state index contributed by atoms with van der Waals surface area (Å²) in [5.41, 5.74) is 2.02. The first-order valence-corrected chi connectivity index (χ1v) is 7.80. The number of aromatic amines is 1. The molecule has 0 aliphatic rings. The molecule has 8 heteroatoms. The van der Waals surface area contributed by atoms with Crippen LogP contribution in [0.1, 0.15) is 5.56 Å². The van der Waals surface area contributed by atoms with Gasteiger partial charge < -0.3 is 4.42 Å². The molecule has 0 spiro atoms. The van der Waals surface area contributed by atoms with Gasteiger partial charge in [-0.25, -0.2) is 4.79 Å². The monoisotopic (exact) mass is 355 g/mol. The van der Waals surface area contributed by atoms with E-state index in [4.69, 9.17) is 20.5 Å². The molecule has 0 radical (unpaired) electrons. The Morgan fingerprint density at radius 2 is 1.68 bits per heavy atom. The third kappa shape index (κ3) is 2.85. The number of hydrogen-bond acceptors (Lipinski definition) is 5. The number of H-pyrrole nitrogens is 1. The van der Waals surface area contributed by atoms with Crippen LogP contribution in [-0.2, 0) is 0 Å². The van der Waals surface area contributed by atoms with Crippen molar-refractivity contribution >= 4 is 11.6 Å². The van der Waals surface area contributed by atoms with Crippen LogP contribution in [0.2, 0.25) is 5.02 Å². The third-order valence-corrected chi connectivity index (χ3v) is 3.91. The summed E-state index contributed by atoms with van der Waals surface area (Å²) in [6, 6.07) is 14.5. The van der Waals surface area contributed by atoms with Gasteiger partial charge in [0.1, 0.15) is 0 Å². The van der Waals surface area contributed by atoms with E-state index >= 15 is 0 Å². The number of benzene rings is 2. The number of aromatic nitrogens is 4. The third-order valence-electron chi connectivity index (χ3n) is 3.66. The summed E-state index contributed by atoms with van der Waals surface area (Å²) in [4.78, 5) is 12.1. The fraction of sp³-hybridized carbons (Fsp3) is 0.0588. The predicted molar refractivity (Wildman–Crippen MR) is 89.3 cm³/mol. The molecule has 0 saturated heterocycles. The summed E-state index contributed by atoms with van der Waals surface area (Å²) in [6.07, 6.45) is 0. The summed E-state index contributed by atoms with van der Waals surface area (Å²) in [6.45, 7) is 1.98. The lowest BCUT2D eigenvalue weighted by atomic mass is 10.2. The van der Waals surface area contributed by atoms with Crippen molar-refractivity contribution in [2.24, 2.45) is 0 Å². The van der Waals surface area contributed by atoms with Crippen LogP contribution in [0.4, 0.5) is 0 Å². The smallest absolute Gasteiger partial charge is 0.411 e. The maximum absolute atomic E-state index is 12.1. The summed E-state index contributed by atoms with van der Waals surface area (Å²) >= 11 is 5.88. The molecular formula is C17H12ClN4O3+. The van der Waals surface area contributed by atoms with Crippen molar-refractivity contribution in [1.82, 2.24) is 15.5 Å². The Morgan fingerprint density at radius 1 is 1.00 bits per heavy atom. The molecule has 1 N–H and O–H groups in total. The first-order chi connectivity index (χ1) is 12.1. The number of nitrogens with one attached hydrogen (secondary N) is 1. The Kier molecular flexibility index (Phi) is 3.70. The van der Waals surface area contributed by atoms with Crippen LogP contribution < -0.4 is 10.3 Å². The molecule has 0 bridgehead atoms. The van der Waals surface area contributed by atoms with E-state index in [0.29, 0.717) is 16.3 Å². The van der Waals surface area contributed by atoms with E-state index in [1.165, 1.54) is 4.68 Å². The van der Waals surface area contributed by atoms with Crippen molar-refractivity contribution in [2.75, 3.05) is 0 Å². The second-order valence-electron chi connectivity index (χ2n) is 5.42. The van der Waals surface area contributed by atoms with Crippen molar-refractivity contribution in [1.29, 1.82) is 0 Å². The number of hydrogen-bond donors (Lipinski definition) is 1. The van der Waals surface area contributed by atoms with E-state index in [0.717, 1.165) is 5.56 Å². The van der Waals surface area contributed by atoms with Crippen LogP contribution in [0.5, 0.6) is 0 Å². The van der Waals surface area contributed by atoms with E-state index in [-0.39, 0.29) is 17.5 Å². The average Bonchev–Trinajstić information content (AvgIpc) is 3.23. The van der Waals surface area contributed by atoms with Crippen molar-refractivity contribution in [3.8, 4) is 28.7 Å². The van der Waals surface area contributed by atoms with Crippen molar-refractivity contribution in [3.63, 3.8) is 0 Å². The normalized spacial score (nSPS) is 11.0. The maximum atomic E-state index is 12.1. The lowest BCUT2D eigenvalue weighted by Gasteiger charge is -1.94. The van der Waals surface area contributed by atoms with Gasteiger partial charge >= 0.3 is 17.2 Å². The molecule has 0 saturated carbocycles. The Morgan fingerprint density at radius 3 is 2.40 bits per heavy atom. The molecule has 124 valence electrons. The average molecular weight is 356 g/mol. The molecule has 0 fully saturated rings. The second kappa shape index (κ2) is 6.03. The molecule has 0 amide bonds. The van der Waals surface area contributed by atoms with E-state index in [9.17, 15) is 4.79 Å². The van der Waals surface area contributed by atoms with Gasteiger partial charge in [0, 0.05) is 22.7 Å². The molecule has 0 aliphatic heterocycles. The minimum Gasteiger partial charge on any atom is -0.411 e. The molecule has 0 atom stereocenters. The Bertz CT molecular complexity index is 1080. The van der Waals surface area contributed by atoms with Gasteiger partial charge in [0.2, 0.25) is 11.6 Å². The van der Waals surface area contributed by atoms with Gasteiger partial charge in [0.25, 0.3) is 0 Å². The van der Waals surface area contributed by atoms with Crippen molar-refractivity contribution in [3.05, 3.63) is 69.5 Å². The minimum atomic E-state index is -0.605. The van der Waals surface area contributed by atoms with Crippen LogP contribution in [0.25, 0.3) is 28.7 Å². The molecule has 0 unspecified atom stereocenters. The van der Waals surface area contributed by atoms with Crippen molar-refractivity contribution in [2.45, 2.75) is 6.92 Å². The summed E-state index contributed by atoms with van der Waals surface area (Å²) in [7, 11) is 0.